The van der Waals surface area contributed by atoms with Crippen LogP contribution in [-0.4, -0.2) is 24.3 Å². The highest BCUT2D eigenvalue weighted by atomic mass is 16.5. The molecular weight excluding hydrogens is 294 g/mol. The fraction of sp³-hybridized carbons (Fsp3) is 0.167. The third kappa shape index (κ3) is 4.26. The third-order valence-electron chi connectivity index (χ3n) is 3.19. The number of hydrogen-bond acceptors (Lipinski definition) is 4. The zero-order chi connectivity index (χ0) is 16.8. The van der Waals surface area contributed by atoms with Gasteiger partial charge in [0.2, 0.25) is 0 Å². The van der Waals surface area contributed by atoms with Crippen LogP contribution in [0.4, 0.5) is 5.69 Å². The maximum absolute atomic E-state index is 12.2. The van der Waals surface area contributed by atoms with E-state index in [-0.39, 0.29) is 18.3 Å². The van der Waals surface area contributed by atoms with Gasteiger partial charge in [-0.2, -0.15) is 0 Å². The lowest BCUT2D eigenvalue weighted by Gasteiger charge is -2.07. The molecule has 0 aliphatic heterocycles. The van der Waals surface area contributed by atoms with Gasteiger partial charge >= 0.3 is 5.97 Å². The van der Waals surface area contributed by atoms with Crippen molar-refractivity contribution in [1.29, 1.82) is 0 Å². The molecule has 1 N–H and O–H groups in total. The van der Waals surface area contributed by atoms with E-state index in [1.165, 1.54) is 6.92 Å². The van der Waals surface area contributed by atoms with Crippen LogP contribution >= 0.6 is 0 Å². The highest BCUT2D eigenvalue weighted by Crippen LogP contribution is 2.14. The van der Waals surface area contributed by atoms with Gasteiger partial charge in [-0.1, -0.05) is 18.2 Å². The summed E-state index contributed by atoms with van der Waals surface area (Å²) in [7, 11) is 0. The van der Waals surface area contributed by atoms with Crippen molar-refractivity contribution in [3.63, 3.8) is 0 Å². The Morgan fingerprint density at radius 3 is 2.22 bits per heavy atom. The first-order chi connectivity index (χ1) is 11.0. The van der Waals surface area contributed by atoms with E-state index in [2.05, 4.69) is 5.32 Å². The minimum Gasteiger partial charge on any atom is -0.462 e. The average molecular weight is 311 g/mol. The Kier molecular flexibility index (Phi) is 5.25. The first-order valence-corrected chi connectivity index (χ1v) is 7.21. The summed E-state index contributed by atoms with van der Waals surface area (Å²) in [6.07, 6.45) is 0. The molecule has 2 aromatic carbocycles. The standard InChI is InChI=1S/C18H17NO4/c1-3-23-18(22)15-5-4-6-16(11-15)19-17(21)14-9-7-13(8-10-14)12(2)20/h4-11H,3H2,1-2H3,(H,19,21). The highest BCUT2D eigenvalue weighted by Gasteiger charge is 2.10. The number of ketones is 1. The maximum Gasteiger partial charge on any atom is 0.338 e. The van der Waals surface area contributed by atoms with Crippen LogP contribution < -0.4 is 5.32 Å². The fourth-order valence-corrected chi connectivity index (χ4v) is 2.00. The largest absolute Gasteiger partial charge is 0.462 e. The topological polar surface area (TPSA) is 72.5 Å². The van der Waals surface area contributed by atoms with E-state index in [0.29, 0.717) is 22.4 Å². The van der Waals surface area contributed by atoms with E-state index in [1.807, 2.05) is 0 Å². The molecule has 0 unspecified atom stereocenters. The Bertz CT molecular complexity index is 735. The van der Waals surface area contributed by atoms with Crippen LogP contribution in [0, 0.1) is 0 Å². The lowest BCUT2D eigenvalue weighted by Crippen LogP contribution is -2.13. The number of ether oxygens (including phenoxy) is 1. The van der Waals surface area contributed by atoms with Crippen LogP contribution in [0.2, 0.25) is 0 Å². The summed E-state index contributed by atoms with van der Waals surface area (Å²) in [5.74, 6) is -0.811. The molecule has 0 aliphatic carbocycles. The molecule has 5 nitrogen and oxygen atoms in total. The molecule has 0 fully saturated rings. The van der Waals surface area contributed by atoms with Crippen molar-refractivity contribution in [3.05, 3.63) is 65.2 Å². The van der Waals surface area contributed by atoms with Crippen LogP contribution in [0.5, 0.6) is 0 Å². The summed E-state index contributed by atoms with van der Waals surface area (Å²) < 4.78 is 4.92. The number of Topliss-reactive ketones (excluding diaryl/α,β-unsaturated/α-hetero) is 1. The zero-order valence-electron chi connectivity index (χ0n) is 13.0. The molecule has 0 atom stereocenters. The number of benzene rings is 2. The van der Waals surface area contributed by atoms with E-state index in [1.54, 1.807) is 55.5 Å². The summed E-state index contributed by atoms with van der Waals surface area (Å²) in [6.45, 7) is 3.49. The molecule has 0 aromatic heterocycles. The summed E-state index contributed by atoms with van der Waals surface area (Å²) in [5, 5.41) is 2.71. The predicted octanol–water partition coefficient (Wildman–Crippen LogP) is 3.32. The first-order valence-electron chi connectivity index (χ1n) is 7.21. The number of carbonyl (C=O) groups excluding carboxylic acids is 3. The van der Waals surface area contributed by atoms with Gasteiger partial charge in [-0.3, -0.25) is 9.59 Å². The van der Waals surface area contributed by atoms with Crippen molar-refractivity contribution in [3.8, 4) is 0 Å². The van der Waals surface area contributed by atoms with E-state index in [9.17, 15) is 14.4 Å². The summed E-state index contributed by atoms with van der Waals surface area (Å²) in [6, 6.07) is 12.9. The van der Waals surface area contributed by atoms with Gasteiger partial charge in [-0.15, -0.1) is 0 Å². The van der Waals surface area contributed by atoms with Gasteiger partial charge in [0.25, 0.3) is 5.91 Å². The molecule has 2 aromatic rings. The van der Waals surface area contributed by atoms with Gasteiger partial charge in [0.15, 0.2) is 5.78 Å². The second-order valence-corrected chi connectivity index (χ2v) is 4.89. The van der Waals surface area contributed by atoms with E-state index in [4.69, 9.17) is 4.74 Å². The Balaban J connectivity index is 2.12. The van der Waals surface area contributed by atoms with Crippen LogP contribution in [0.15, 0.2) is 48.5 Å². The minimum atomic E-state index is -0.436. The smallest absolute Gasteiger partial charge is 0.338 e. The number of rotatable bonds is 5. The van der Waals surface area contributed by atoms with Gasteiger partial charge in [0.05, 0.1) is 12.2 Å². The quantitative estimate of drug-likeness (QED) is 0.679. The zero-order valence-corrected chi connectivity index (χ0v) is 13.0. The molecule has 0 saturated heterocycles. The molecule has 2 rings (SSSR count). The number of anilines is 1. The molecule has 0 heterocycles. The number of nitrogens with one attached hydrogen (secondary N) is 1. The van der Waals surface area contributed by atoms with Gasteiger partial charge < -0.3 is 10.1 Å². The van der Waals surface area contributed by atoms with Crippen LogP contribution in [-0.2, 0) is 4.74 Å². The Labute approximate surface area is 134 Å². The SMILES string of the molecule is CCOC(=O)c1cccc(NC(=O)c2ccc(C(C)=O)cc2)c1. The third-order valence-corrected chi connectivity index (χ3v) is 3.19. The number of carbonyl (C=O) groups is 3. The first kappa shape index (κ1) is 16.4. The molecule has 118 valence electrons. The average Bonchev–Trinajstić information content (AvgIpc) is 2.55. The lowest BCUT2D eigenvalue weighted by molar-refractivity contribution is 0.0526. The molecule has 5 heteroatoms. The van der Waals surface area contributed by atoms with Crippen molar-refractivity contribution >= 4 is 23.3 Å². The van der Waals surface area contributed by atoms with Gasteiger partial charge in [-0.05, 0) is 44.2 Å². The minimum absolute atomic E-state index is 0.0564. The molecule has 0 saturated carbocycles. The highest BCUT2D eigenvalue weighted by molar-refractivity contribution is 6.05. The molecule has 0 aliphatic rings. The van der Waals surface area contributed by atoms with Gasteiger partial charge in [-0.25, -0.2) is 4.79 Å². The number of amides is 1. The Hall–Kier alpha value is -2.95. The second-order valence-electron chi connectivity index (χ2n) is 4.89. The van der Waals surface area contributed by atoms with E-state index < -0.39 is 5.97 Å². The number of hydrogen-bond donors (Lipinski definition) is 1. The normalized spacial score (nSPS) is 10.0. The van der Waals surface area contributed by atoms with Crippen molar-refractivity contribution in [2.75, 3.05) is 11.9 Å². The number of esters is 1. The summed E-state index contributed by atoms with van der Waals surface area (Å²) >= 11 is 0. The van der Waals surface area contributed by atoms with E-state index >= 15 is 0 Å². The van der Waals surface area contributed by atoms with Crippen molar-refractivity contribution in [1.82, 2.24) is 0 Å². The summed E-state index contributed by atoms with van der Waals surface area (Å²) in [4.78, 5) is 35.1. The molecule has 0 spiro atoms. The Morgan fingerprint density at radius 1 is 0.957 bits per heavy atom. The van der Waals surface area contributed by atoms with Crippen LogP contribution in [0.3, 0.4) is 0 Å². The predicted molar refractivity (Wildman–Crippen MR) is 86.8 cm³/mol. The molecule has 0 bridgehead atoms. The second kappa shape index (κ2) is 7.35. The van der Waals surface area contributed by atoms with E-state index in [0.717, 1.165) is 0 Å². The fourth-order valence-electron chi connectivity index (χ4n) is 2.00. The van der Waals surface area contributed by atoms with Crippen molar-refractivity contribution in [2.24, 2.45) is 0 Å². The van der Waals surface area contributed by atoms with Crippen LogP contribution in [0.25, 0.3) is 0 Å². The molecule has 23 heavy (non-hydrogen) atoms. The van der Waals surface area contributed by atoms with Crippen molar-refractivity contribution in [2.45, 2.75) is 13.8 Å². The van der Waals surface area contributed by atoms with Gasteiger partial charge in [0.1, 0.15) is 0 Å². The van der Waals surface area contributed by atoms with Crippen molar-refractivity contribution < 1.29 is 19.1 Å². The van der Waals surface area contributed by atoms with Crippen LogP contribution in [0.1, 0.15) is 44.9 Å². The molecule has 0 radical (unpaired) electrons. The Morgan fingerprint density at radius 2 is 1.61 bits per heavy atom. The van der Waals surface area contributed by atoms with Gasteiger partial charge in [0, 0.05) is 16.8 Å². The summed E-state index contributed by atoms with van der Waals surface area (Å²) in [5.41, 5.74) is 1.84. The lowest BCUT2D eigenvalue weighted by atomic mass is 10.1. The molecular formula is C18H17NO4. The maximum atomic E-state index is 12.2. The monoisotopic (exact) mass is 311 g/mol. The molecule has 1 amide bonds.